The molecule has 6 nitrogen and oxygen atoms in total. The molecule has 1 fully saturated rings. The highest BCUT2D eigenvalue weighted by molar-refractivity contribution is 7.89. The average Bonchev–Trinajstić information content (AvgIpc) is 3.07. The standard InChI is InChI=1S/C13H18N4O2S2/c1-8-13(9(2)16-15-8)21(18,19)17(12-4-5-12)6-11-7-20-10(3)14-11/h7,12H,4-6H2,1-3H3,(H,15,16). The number of aromatic amines is 1. The molecule has 2 heterocycles. The molecule has 114 valence electrons. The van der Waals surface area contributed by atoms with E-state index in [1.54, 1.807) is 29.5 Å². The van der Waals surface area contributed by atoms with Gasteiger partial charge >= 0.3 is 0 Å². The Morgan fingerprint density at radius 3 is 2.57 bits per heavy atom. The number of rotatable bonds is 5. The van der Waals surface area contributed by atoms with Crippen molar-refractivity contribution in [3.05, 3.63) is 27.5 Å². The van der Waals surface area contributed by atoms with E-state index in [1.807, 2.05) is 12.3 Å². The molecule has 2 aromatic rings. The molecule has 1 saturated carbocycles. The normalized spacial score (nSPS) is 15.8. The number of thiazole rings is 1. The van der Waals surface area contributed by atoms with E-state index in [9.17, 15) is 8.42 Å². The molecule has 21 heavy (non-hydrogen) atoms. The predicted octanol–water partition coefficient (Wildman–Crippen LogP) is 2.14. The minimum atomic E-state index is -3.54. The van der Waals surface area contributed by atoms with Gasteiger partial charge in [0.25, 0.3) is 0 Å². The van der Waals surface area contributed by atoms with Crippen LogP contribution in [0.3, 0.4) is 0 Å². The second-order valence-electron chi connectivity index (χ2n) is 5.40. The lowest BCUT2D eigenvalue weighted by atomic mass is 10.4. The van der Waals surface area contributed by atoms with Crippen LogP contribution < -0.4 is 0 Å². The van der Waals surface area contributed by atoms with Crippen LogP contribution in [0, 0.1) is 20.8 Å². The molecular formula is C13H18N4O2S2. The fraction of sp³-hybridized carbons (Fsp3) is 0.538. The maximum atomic E-state index is 13.0. The van der Waals surface area contributed by atoms with Crippen LogP contribution in [-0.2, 0) is 16.6 Å². The minimum absolute atomic E-state index is 0.0886. The molecule has 0 saturated heterocycles. The topological polar surface area (TPSA) is 79.0 Å². The van der Waals surface area contributed by atoms with Crippen LogP contribution in [0.1, 0.15) is 34.9 Å². The summed E-state index contributed by atoms with van der Waals surface area (Å²) in [5.41, 5.74) is 1.92. The van der Waals surface area contributed by atoms with E-state index in [0.717, 1.165) is 23.5 Å². The first-order chi connectivity index (χ1) is 9.89. The maximum absolute atomic E-state index is 13.0. The summed E-state index contributed by atoms with van der Waals surface area (Å²) in [6.45, 7) is 5.72. The first-order valence-corrected chi connectivity index (χ1v) is 9.16. The summed E-state index contributed by atoms with van der Waals surface area (Å²) < 4.78 is 27.5. The van der Waals surface area contributed by atoms with Gasteiger partial charge < -0.3 is 0 Å². The zero-order chi connectivity index (χ0) is 15.2. The Balaban J connectivity index is 1.97. The summed E-state index contributed by atoms with van der Waals surface area (Å²) >= 11 is 1.54. The van der Waals surface area contributed by atoms with Gasteiger partial charge in [-0.1, -0.05) is 0 Å². The molecule has 1 aliphatic rings. The number of nitrogens with one attached hydrogen (secondary N) is 1. The monoisotopic (exact) mass is 326 g/mol. The van der Waals surface area contributed by atoms with Crippen LogP contribution in [0.15, 0.2) is 10.3 Å². The number of nitrogens with zero attached hydrogens (tertiary/aromatic N) is 3. The molecule has 0 bridgehead atoms. The van der Waals surface area contributed by atoms with Crippen molar-refractivity contribution in [2.45, 2.75) is 51.1 Å². The number of aryl methyl sites for hydroxylation is 3. The van der Waals surface area contributed by atoms with Gasteiger partial charge in [0, 0.05) is 11.4 Å². The first kappa shape index (κ1) is 14.7. The Hall–Kier alpha value is -1.25. The first-order valence-electron chi connectivity index (χ1n) is 6.84. The van der Waals surface area contributed by atoms with Crippen molar-refractivity contribution in [3.63, 3.8) is 0 Å². The lowest BCUT2D eigenvalue weighted by molar-refractivity contribution is 0.394. The van der Waals surface area contributed by atoms with Gasteiger partial charge in [0.05, 0.1) is 28.6 Å². The van der Waals surface area contributed by atoms with Crippen molar-refractivity contribution in [3.8, 4) is 0 Å². The lowest BCUT2D eigenvalue weighted by Crippen LogP contribution is -2.33. The predicted molar refractivity (Wildman–Crippen MR) is 80.7 cm³/mol. The van der Waals surface area contributed by atoms with Crippen molar-refractivity contribution in [2.24, 2.45) is 0 Å². The molecule has 1 N–H and O–H groups in total. The molecule has 1 aliphatic carbocycles. The number of H-pyrrole nitrogens is 1. The van der Waals surface area contributed by atoms with Crippen LogP contribution in [0.25, 0.3) is 0 Å². The number of hydrogen-bond acceptors (Lipinski definition) is 5. The van der Waals surface area contributed by atoms with Gasteiger partial charge in [0.15, 0.2) is 0 Å². The van der Waals surface area contributed by atoms with Gasteiger partial charge in [-0.2, -0.15) is 9.40 Å². The van der Waals surface area contributed by atoms with E-state index in [1.165, 1.54) is 0 Å². The van der Waals surface area contributed by atoms with Crippen LogP contribution in [0.5, 0.6) is 0 Å². The van der Waals surface area contributed by atoms with Gasteiger partial charge in [0.1, 0.15) is 4.90 Å². The van der Waals surface area contributed by atoms with E-state index < -0.39 is 10.0 Å². The highest BCUT2D eigenvalue weighted by atomic mass is 32.2. The molecule has 0 radical (unpaired) electrons. The summed E-state index contributed by atoms with van der Waals surface area (Å²) in [4.78, 5) is 4.70. The Kier molecular flexibility index (Phi) is 3.62. The summed E-state index contributed by atoms with van der Waals surface area (Å²) in [6.07, 6.45) is 1.83. The smallest absolute Gasteiger partial charge is 0.247 e. The van der Waals surface area contributed by atoms with Crippen LogP contribution >= 0.6 is 11.3 Å². The fourth-order valence-electron chi connectivity index (χ4n) is 2.45. The molecule has 0 atom stereocenters. The molecular weight excluding hydrogens is 308 g/mol. The Labute approximate surface area is 128 Å². The zero-order valence-corrected chi connectivity index (χ0v) is 13.9. The van der Waals surface area contributed by atoms with Gasteiger partial charge in [-0.25, -0.2) is 13.4 Å². The van der Waals surface area contributed by atoms with Crippen LogP contribution in [-0.4, -0.2) is 33.9 Å². The number of sulfonamides is 1. The molecule has 0 aliphatic heterocycles. The van der Waals surface area contributed by atoms with E-state index >= 15 is 0 Å². The van der Waals surface area contributed by atoms with Crippen LogP contribution in [0.4, 0.5) is 0 Å². The molecule has 2 aromatic heterocycles. The van der Waals surface area contributed by atoms with Gasteiger partial charge in [-0.3, -0.25) is 5.10 Å². The third-order valence-electron chi connectivity index (χ3n) is 3.57. The van der Waals surface area contributed by atoms with E-state index in [2.05, 4.69) is 15.2 Å². The summed E-state index contributed by atoms with van der Waals surface area (Å²) in [5, 5.41) is 9.65. The van der Waals surface area contributed by atoms with Crippen molar-refractivity contribution in [1.29, 1.82) is 0 Å². The third-order valence-corrected chi connectivity index (χ3v) is 6.55. The summed E-state index contributed by atoms with van der Waals surface area (Å²) in [7, 11) is -3.54. The average molecular weight is 326 g/mol. The lowest BCUT2D eigenvalue weighted by Gasteiger charge is -2.21. The SMILES string of the molecule is Cc1nc(CN(C2CC2)S(=O)(=O)c2c(C)n[nH]c2C)cs1. The fourth-order valence-corrected chi connectivity index (χ4v) is 5.05. The van der Waals surface area contributed by atoms with Crippen LogP contribution in [0.2, 0.25) is 0 Å². The maximum Gasteiger partial charge on any atom is 0.247 e. The van der Waals surface area contributed by atoms with Crippen molar-refractivity contribution in [2.75, 3.05) is 0 Å². The Morgan fingerprint density at radius 1 is 1.38 bits per heavy atom. The number of aromatic nitrogens is 3. The van der Waals surface area contributed by atoms with Gasteiger partial charge in [-0.05, 0) is 33.6 Å². The van der Waals surface area contributed by atoms with Crippen molar-refractivity contribution in [1.82, 2.24) is 19.5 Å². The second-order valence-corrected chi connectivity index (χ2v) is 8.29. The summed E-state index contributed by atoms with van der Waals surface area (Å²) in [5.74, 6) is 0. The quantitative estimate of drug-likeness (QED) is 0.913. The minimum Gasteiger partial charge on any atom is -0.281 e. The molecule has 0 aromatic carbocycles. The largest absolute Gasteiger partial charge is 0.281 e. The zero-order valence-electron chi connectivity index (χ0n) is 12.3. The number of hydrogen-bond donors (Lipinski definition) is 1. The van der Waals surface area contributed by atoms with E-state index in [4.69, 9.17) is 0 Å². The molecule has 3 rings (SSSR count). The Morgan fingerprint density at radius 2 is 2.10 bits per heavy atom. The van der Waals surface area contributed by atoms with Gasteiger partial charge in [-0.15, -0.1) is 11.3 Å². The molecule has 0 amide bonds. The highest BCUT2D eigenvalue weighted by Gasteiger charge is 2.40. The van der Waals surface area contributed by atoms with Gasteiger partial charge in [0.2, 0.25) is 10.0 Å². The van der Waals surface area contributed by atoms with E-state index in [0.29, 0.717) is 22.8 Å². The van der Waals surface area contributed by atoms with Crippen molar-refractivity contribution < 1.29 is 8.42 Å². The third kappa shape index (κ3) is 2.75. The Bertz CT molecular complexity index is 739. The van der Waals surface area contributed by atoms with Crippen molar-refractivity contribution >= 4 is 21.4 Å². The van der Waals surface area contributed by atoms with E-state index in [-0.39, 0.29) is 6.04 Å². The summed E-state index contributed by atoms with van der Waals surface area (Å²) in [6, 6.07) is 0.0886. The molecule has 0 unspecified atom stereocenters. The highest BCUT2D eigenvalue weighted by Crippen LogP contribution is 2.35. The molecule has 0 spiro atoms. The second kappa shape index (κ2) is 5.19. The molecule has 8 heteroatoms.